The second kappa shape index (κ2) is 19.5. The number of carbonyl (C=O) groups is 2. The van der Waals surface area contributed by atoms with Crippen molar-refractivity contribution in [3.8, 4) is 22.9 Å². The second-order valence-corrected chi connectivity index (χ2v) is 16.6. The lowest BCUT2D eigenvalue weighted by atomic mass is 10.1. The number of aromatic nitrogens is 12. The molecule has 6 aromatic heterocycles. The number of rotatable bonds is 10. The van der Waals surface area contributed by atoms with Gasteiger partial charge in [-0.3, -0.25) is 19.8 Å². The molecule has 0 fully saturated rings. The first-order chi connectivity index (χ1) is 32.8. The Hall–Kier alpha value is -8.20. The molecule has 12 rings (SSSR count). The van der Waals surface area contributed by atoms with Crippen LogP contribution in [0.5, 0.6) is 0 Å². The fourth-order valence-electron chi connectivity index (χ4n) is 8.54. The number of benzene rings is 2. The zero-order chi connectivity index (χ0) is 45.5. The van der Waals surface area contributed by atoms with Crippen molar-refractivity contribution in [2.24, 2.45) is 0 Å². The Balaban J connectivity index is 0.000000135. The molecular formula is C46H46N16O5. The molecule has 0 atom stereocenters. The van der Waals surface area contributed by atoms with E-state index in [1.807, 2.05) is 6.20 Å². The van der Waals surface area contributed by atoms with Crippen LogP contribution in [0.3, 0.4) is 0 Å². The topological polar surface area (TPSA) is 280 Å². The molecule has 0 bridgehead atoms. The lowest BCUT2D eigenvalue weighted by Gasteiger charge is -2.26. The average molecular weight is 903 g/mol. The Morgan fingerprint density at radius 1 is 0.627 bits per heavy atom. The smallest absolute Gasteiger partial charge is 0.312 e. The van der Waals surface area contributed by atoms with Crippen molar-refractivity contribution in [3.05, 3.63) is 142 Å². The number of H-pyrrole nitrogens is 2. The van der Waals surface area contributed by atoms with E-state index in [4.69, 9.17) is 13.9 Å². The summed E-state index contributed by atoms with van der Waals surface area (Å²) in [5.41, 5.74) is 11.4. The van der Waals surface area contributed by atoms with Crippen molar-refractivity contribution in [2.45, 2.75) is 76.5 Å². The minimum atomic E-state index is -1.02. The van der Waals surface area contributed by atoms with Crippen LogP contribution in [0, 0.1) is 0 Å². The summed E-state index contributed by atoms with van der Waals surface area (Å²) < 4.78 is 11.0. The Kier molecular flexibility index (Phi) is 12.4. The molecule has 2 aliphatic carbocycles. The third kappa shape index (κ3) is 10.4. The van der Waals surface area contributed by atoms with Gasteiger partial charge in [-0.25, -0.2) is 19.9 Å². The first-order valence-corrected chi connectivity index (χ1v) is 22.0. The quantitative estimate of drug-likeness (QED) is 0.114. The zero-order valence-corrected chi connectivity index (χ0v) is 36.2. The van der Waals surface area contributed by atoms with Gasteiger partial charge in [0.15, 0.2) is 0 Å². The molecule has 340 valence electrons. The maximum atomic E-state index is 12.7. The second-order valence-electron chi connectivity index (χ2n) is 16.6. The number of hydrogen-bond donors (Lipinski definition) is 6. The molecule has 1 amide bonds. The van der Waals surface area contributed by atoms with Crippen LogP contribution < -0.4 is 16.0 Å². The van der Waals surface area contributed by atoms with Crippen molar-refractivity contribution < 1.29 is 23.5 Å². The van der Waals surface area contributed by atoms with Gasteiger partial charge >= 0.3 is 5.97 Å². The monoisotopic (exact) mass is 902 g/mol. The Bertz CT molecular complexity index is 2890. The van der Waals surface area contributed by atoms with Crippen LogP contribution in [-0.2, 0) is 74.0 Å². The maximum absolute atomic E-state index is 12.7. The van der Waals surface area contributed by atoms with Crippen molar-refractivity contribution in [3.63, 3.8) is 0 Å². The van der Waals surface area contributed by atoms with E-state index in [2.05, 4.69) is 125 Å². The predicted octanol–water partition coefficient (Wildman–Crippen LogP) is 3.74. The molecule has 8 heterocycles. The number of aliphatic carboxylic acids is 1. The molecule has 0 saturated carbocycles. The van der Waals surface area contributed by atoms with Crippen LogP contribution in [0.15, 0.2) is 94.5 Å². The number of aromatic amines is 2. The van der Waals surface area contributed by atoms with Gasteiger partial charge in [0, 0.05) is 98.4 Å². The van der Waals surface area contributed by atoms with E-state index in [9.17, 15) is 9.59 Å². The van der Waals surface area contributed by atoms with E-state index in [0.717, 1.165) is 62.9 Å². The van der Waals surface area contributed by atoms with Crippen molar-refractivity contribution in [1.29, 1.82) is 0 Å². The van der Waals surface area contributed by atoms with Gasteiger partial charge in [-0.15, -0.1) is 20.4 Å². The number of amides is 1. The number of nitrogens with zero attached hydrogens (tertiary/aromatic N) is 11. The molecule has 21 nitrogen and oxygen atoms in total. The number of carboxylic acids is 1. The van der Waals surface area contributed by atoms with E-state index in [0.29, 0.717) is 42.0 Å². The highest BCUT2D eigenvalue weighted by Crippen LogP contribution is 2.26. The first-order valence-electron chi connectivity index (χ1n) is 22.0. The van der Waals surface area contributed by atoms with E-state index in [1.165, 1.54) is 33.5 Å². The van der Waals surface area contributed by atoms with Crippen LogP contribution in [0.2, 0.25) is 0 Å². The largest absolute Gasteiger partial charge is 0.481 e. The Labute approximate surface area is 382 Å². The molecule has 6 N–H and O–H groups in total. The molecular weight excluding hydrogens is 857 g/mol. The van der Waals surface area contributed by atoms with Crippen LogP contribution in [0.25, 0.3) is 22.9 Å². The molecule has 67 heavy (non-hydrogen) atoms. The first kappa shape index (κ1) is 42.7. The minimum absolute atomic E-state index is 0.0495. The third-order valence-electron chi connectivity index (χ3n) is 11.9. The number of fused-ring (bicyclic) bond motifs is 4. The molecule has 2 aliphatic heterocycles. The lowest BCUT2D eigenvalue weighted by Crippen LogP contribution is -2.36. The molecule has 8 aromatic rings. The molecule has 4 aliphatic rings. The van der Waals surface area contributed by atoms with Crippen molar-refractivity contribution in [1.82, 2.24) is 70.9 Å². The third-order valence-corrected chi connectivity index (χ3v) is 11.9. The molecule has 0 radical (unpaired) electrons. The summed E-state index contributed by atoms with van der Waals surface area (Å²) in [5, 5.41) is 48.3. The van der Waals surface area contributed by atoms with Crippen molar-refractivity contribution in [2.75, 3.05) is 23.7 Å². The molecule has 2 aromatic carbocycles. The summed E-state index contributed by atoms with van der Waals surface area (Å²) in [4.78, 5) is 42.5. The lowest BCUT2D eigenvalue weighted by molar-refractivity contribution is -0.136. The molecule has 0 spiro atoms. The fraction of sp³-hybridized carbons (Fsp3) is 0.304. The summed E-state index contributed by atoms with van der Waals surface area (Å²) in [5.74, 6) is 0.854. The highest BCUT2D eigenvalue weighted by molar-refractivity contribution is 5.78. The summed E-state index contributed by atoms with van der Waals surface area (Å²) in [6.45, 7) is 3.24. The Morgan fingerprint density at radius 3 is 1.63 bits per heavy atom. The number of hydrogen-bond acceptors (Lipinski definition) is 17. The summed E-state index contributed by atoms with van der Waals surface area (Å²) in [6, 6.07) is 17.4. The van der Waals surface area contributed by atoms with Crippen LogP contribution in [0.4, 0.5) is 11.9 Å². The van der Waals surface area contributed by atoms with Gasteiger partial charge in [0.25, 0.3) is 11.8 Å². The van der Waals surface area contributed by atoms with Crippen LogP contribution >= 0.6 is 0 Å². The summed E-state index contributed by atoms with van der Waals surface area (Å²) in [7, 11) is 0. The molecule has 0 unspecified atom stereocenters. The average Bonchev–Trinajstić information content (AvgIpc) is 4.22. The van der Waals surface area contributed by atoms with Crippen LogP contribution in [-0.4, -0.2) is 108 Å². The van der Waals surface area contributed by atoms with Crippen molar-refractivity contribution >= 4 is 23.8 Å². The predicted molar refractivity (Wildman–Crippen MR) is 240 cm³/mol. The molecule has 0 saturated heterocycles. The number of carboxylic acid groups (broad SMARTS) is 1. The maximum Gasteiger partial charge on any atom is 0.312 e. The standard InChI is InChI=1S/C23H22N8O2.C17H15N5O3.C6H9N3/c32-21(31-6-5-19-17(13-31)12-26-28-19)9-20-29-30-22(33-20)16-10-24-23(25-11-16)27-18-7-14-3-1-2-4-15(14)8-18;23-15(24)7-14-21-22-16(25-14)12-8-18-17(19-9-12)20-13-5-10-3-1-2-4-11(10)6-13;1-2-7-3-5-4-8-9-6(1)5/h1-4,10-12,18H,5-9,13H2,(H,26,28)(H,24,25,27);1-4,8-9,13H,5-7H2,(H,23,24)(H,18,19,20);4,7H,1-3H2,(H,8,9). The van der Waals surface area contributed by atoms with Crippen LogP contribution in [0.1, 0.15) is 56.6 Å². The number of carbonyl (C=O) groups excluding carboxylic acids is 1. The minimum Gasteiger partial charge on any atom is -0.481 e. The van der Waals surface area contributed by atoms with E-state index < -0.39 is 5.97 Å². The van der Waals surface area contributed by atoms with Gasteiger partial charge in [-0.2, -0.15) is 10.2 Å². The van der Waals surface area contributed by atoms with Gasteiger partial charge in [-0.1, -0.05) is 48.5 Å². The number of nitrogens with one attached hydrogen (secondary N) is 5. The van der Waals surface area contributed by atoms with E-state index >= 15 is 0 Å². The highest BCUT2D eigenvalue weighted by Gasteiger charge is 2.25. The molecule has 21 heteroatoms. The van der Waals surface area contributed by atoms with Gasteiger partial charge < -0.3 is 34.8 Å². The van der Waals surface area contributed by atoms with Gasteiger partial charge in [0.05, 0.1) is 23.5 Å². The Morgan fingerprint density at radius 2 is 1.12 bits per heavy atom. The normalized spacial score (nSPS) is 15.0. The fourth-order valence-corrected chi connectivity index (χ4v) is 8.54. The highest BCUT2D eigenvalue weighted by atomic mass is 16.4. The number of anilines is 2. The van der Waals surface area contributed by atoms with Gasteiger partial charge in [0.2, 0.25) is 29.6 Å². The van der Waals surface area contributed by atoms with E-state index in [-0.39, 0.29) is 48.5 Å². The SMILES string of the molecule is O=C(Cc1nnc(-c2cnc(NC3Cc4ccccc4C3)nc2)o1)N1CCc2[nH]ncc2C1.O=C(O)Cc1nnc(-c2cnc(NC3Cc4ccccc4C3)nc2)o1.c1n[nH]c2c1CNCC2. The van der Waals surface area contributed by atoms with E-state index in [1.54, 1.807) is 35.9 Å². The van der Waals surface area contributed by atoms with Gasteiger partial charge in [0.1, 0.15) is 12.8 Å². The summed E-state index contributed by atoms with van der Waals surface area (Å²) in [6.07, 6.45) is 15.5. The van der Waals surface area contributed by atoms with Gasteiger partial charge in [-0.05, 0) is 47.9 Å². The summed E-state index contributed by atoms with van der Waals surface area (Å²) >= 11 is 0. The zero-order valence-electron chi connectivity index (χ0n) is 36.2.